The van der Waals surface area contributed by atoms with Crippen molar-refractivity contribution >= 4 is 55.4 Å². The number of aromatic nitrogens is 2. The van der Waals surface area contributed by atoms with Gasteiger partial charge in [0.1, 0.15) is 35.9 Å². The second kappa shape index (κ2) is 10.1. The topological polar surface area (TPSA) is 241 Å². The van der Waals surface area contributed by atoms with E-state index in [0.29, 0.717) is 15.9 Å². The van der Waals surface area contributed by atoms with Gasteiger partial charge in [-0.2, -0.15) is 0 Å². The Kier molecular flexibility index (Phi) is 6.54. The Hall–Kier alpha value is -4.32. The van der Waals surface area contributed by atoms with Crippen LogP contribution in [0.5, 0.6) is 11.5 Å². The first kappa shape index (κ1) is 28.5. The van der Waals surface area contributed by atoms with Crippen LogP contribution in [0.2, 0.25) is 0 Å². The minimum atomic E-state index is -1.78. The van der Waals surface area contributed by atoms with E-state index in [1.54, 1.807) is 12.1 Å². The number of hydrogen-bond donors (Lipinski definition) is 10. The lowest BCUT2D eigenvalue weighted by Crippen LogP contribution is -2.56. The summed E-state index contributed by atoms with van der Waals surface area (Å²) in [6, 6.07) is 7.77. The van der Waals surface area contributed by atoms with E-state index in [2.05, 4.69) is 10.4 Å². The zero-order chi connectivity index (χ0) is 31.2. The van der Waals surface area contributed by atoms with E-state index in [0.717, 1.165) is 0 Å². The van der Waals surface area contributed by atoms with Crippen molar-refractivity contribution in [2.24, 2.45) is 0 Å². The molecule has 15 nitrogen and oxygen atoms in total. The summed E-state index contributed by atoms with van der Waals surface area (Å²) in [6.07, 6.45) is -8.05. The van der Waals surface area contributed by atoms with E-state index in [9.17, 15) is 50.4 Å². The SMILES string of the molecule is O=C1c2c(c3c4cccc(O)c4n([C@@H]4O[C@H](CO)[C@@H](O)[C@H](O)[C@H]4O)c3c3[nH]c4ccc(O)cc4c23)C(=O)N1NC(CO)CO. The first-order chi connectivity index (χ1) is 21.1. The molecule has 3 aromatic carbocycles. The standard InChI is InChI=1S/C29H28N4O11/c34-7-10(8-35)31-33-27(42)19-17-13-6-11(37)4-5-14(13)30-21(17)23-18(20(19)28(33)43)12-2-1-3-15(38)22(12)32(23)29-26(41)25(40)24(39)16(9-36)44-29/h1-6,10,16,24-26,29-31,34-41H,7-9H2/t16-,24-,25+,26-,29-/m1/s1. The second-order valence-electron chi connectivity index (χ2n) is 11.0. The number of benzene rings is 3. The quantitative estimate of drug-likeness (QED) is 0.107. The van der Waals surface area contributed by atoms with E-state index < -0.39 is 68.3 Å². The summed E-state index contributed by atoms with van der Waals surface area (Å²) in [5.41, 5.74) is 3.32. The van der Waals surface area contributed by atoms with Gasteiger partial charge in [-0.15, -0.1) is 0 Å². The van der Waals surface area contributed by atoms with Crippen molar-refractivity contribution in [3.05, 3.63) is 47.5 Å². The largest absolute Gasteiger partial charge is 0.508 e. The Bertz CT molecular complexity index is 2000. The van der Waals surface area contributed by atoms with E-state index in [4.69, 9.17) is 4.74 Å². The molecule has 2 aromatic heterocycles. The van der Waals surface area contributed by atoms with Gasteiger partial charge in [0.25, 0.3) is 11.8 Å². The molecule has 1 fully saturated rings. The molecule has 2 aliphatic rings. The zero-order valence-corrected chi connectivity index (χ0v) is 22.7. The van der Waals surface area contributed by atoms with Crippen LogP contribution in [0.1, 0.15) is 26.9 Å². The summed E-state index contributed by atoms with van der Waals surface area (Å²) in [7, 11) is 0. The van der Waals surface area contributed by atoms with E-state index in [-0.39, 0.29) is 55.3 Å². The number of hydrazine groups is 1. The Morgan fingerprint density at radius 2 is 1.57 bits per heavy atom. The summed E-state index contributed by atoms with van der Waals surface area (Å²) in [4.78, 5) is 31.3. The summed E-state index contributed by atoms with van der Waals surface area (Å²) in [6.45, 7) is -1.91. The highest BCUT2D eigenvalue weighted by atomic mass is 16.6. The van der Waals surface area contributed by atoms with Crippen LogP contribution in [-0.4, -0.2) is 118 Å². The molecule has 2 aliphatic heterocycles. The lowest BCUT2D eigenvalue weighted by Gasteiger charge is -2.41. The second-order valence-corrected chi connectivity index (χ2v) is 11.0. The van der Waals surface area contributed by atoms with Gasteiger partial charge < -0.3 is 55.1 Å². The van der Waals surface area contributed by atoms with Gasteiger partial charge in [0, 0.05) is 27.1 Å². The summed E-state index contributed by atoms with van der Waals surface area (Å²) >= 11 is 0. The van der Waals surface area contributed by atoms with Crippen LogP contribution in [0.25, 0.3) is 43.6 Å². The molecule has 0 aliphatic carbocycles. The van der Waals surface area contributed by atoms with Gasteiger partial charge in [0.05, 0.1) is 53.5 Å². The average molecular weight is 609 g/mol. The number of phenolic OH excluding ortho intramolecular Hbond substituents is 2. The van der Waals surface area contributed by atoms with Crippen molar-refractivity contribution in [1.82, 2.24) is 20.0 Å². The molecule has 5 aromatic rings. The molecule has 0 bridgehead atoms. The first-order valence-electron chi connectivity index (χ1n) is 13.8. The third-order valence-electron chi connectivity index (χ3n) is 8.48. The molecular weight excluding hydrogens is 580 g/mol. The van der Waals surface area contributed by atoms with Gasteiger partial charge in [-0.3, -0.25) is 9.59 Å². The number of aromatic amines is 1. The van der Waals surface area contributed by atoms with Crippen LogP contribution >= 0.6 is 0 Å². The van der Waals surface area contributed by atoms with E-state index in [1.165, 1.54) is 28.8 Å². The highest BCUT2D eigenvalue weighted by Crippen LogP contribution is 2.48. The van der Waals surface area contributed by atoms with E-state index in [1.807, 2.05) is 0 Å². The number of nitrogens with zero attached hydrogens (tertiary/aromatic N) is 2. The molecule has 10 N–H and O–H groups in total. The third kappa shape index (κ3) is 3.72. The average Bonchev–Trinajstić information content (AvgIpc) is 3.63. The van der Waals surface area contributed by atoms with E-state index >= 15 is 0 Å². The number of aliphatic hydroxyl groups excluding tert-OH is 6. The molecule has 4 heterocycles. The summed E-state index contributed by atoms with van der Waals surface area (Å²) < 4.78 is 7.26. The van der Waals surface area contributed by atoms with Crippen molar-refractivity contribution in [3.63, 3.8) is 0 Å². The number of ether oxygens (including phenoxy) is 1. The smallest absolute Gasteiger partial charge is 0.276 e. The van der Waals surface area contributed by atoms with Crippen LogP contribution < -0.4 is 5.43 Å². The van der Waals surface area contributed by atoms with Gasteiger partial charge in [-0.1, -0.05) is 12.1 Å². The molecular formula is C29H28N4O11. The number of aromatic hydroxyl groups is 2. The molecule has 230 valence electrons. The Balaban J connectivity index is 1.66. The molecule has 0 radical (unpaired) electrons. The molecule has 44 heavy (non-hydrogen) atoms. The number of imide groups is 1. The lowest BCUT2D eigenvalue weighted by atomic mass is 9.96. The van der Waals surface area contributed by atoms with Crippen LogP contribution in [0.4, 0.5) is 0 Å². The van der Waals surface area contributed by atoms with Gasteiger partial charge in [-0.05, 0) is 24.3 Å². The Morgan fingerprint density at radius 1 is 0.864 bits per heavy atom. The fraction of sp³-hybridized carbons (Fsp3) is 0.310. The van der Waals surface area contributed by atoms with Crippen LogP contribution in [-0.2, 0) is 4.74 Å². The summed E-state index contributed by atoms with van der Waals surface area (Å²) in [5, 5.41) is 84.7. The first-order valence-corrected chi connectivity index (χ1v) is 13.8. The van der Waals surface area contributed by atoms with Gasteiger partial charge in [0.15, 0.2) is 6.23 Å². The number of nitrogens with one attached hydrogen (secondary N) is 2. The van der Waals surface area contributed by atoms with Crippen LogP contribution in [0.3, 0.4) is 0 Å². The minimum absolute atomic E-state index is 0.0540. The highest BCUT2D eigenvalue weighted by Gasteiger charge is 2.47. The normalized spacial score (nSPS) is 24.2. The third-order valence-corrected chi connectivity index (χ3v) is 8.48. The number of rotatable bonds is 6. The number of amides is 2. The van der Waals surface area contributed by atoms with Crippen molar-refractivity contribution < 1.29 is 55.2 Å². The molecule has 15 heteroatoms. The van der Waals surface area contributed by atoms with Crippen molar-refractivity contribution in [1.29, 1.82) is 0 Å². The minimum Gasteiger partial charge on any atom is -0.508 e. The number of carbonyl (C=O) groups is 2. The number of hydrogen-bond acceptors (Lipinski definition) is 12. The van der Waals surface area contributed by atoms with Crippen molar-refractivity contribution in [2.45, 2.75) is 36.7 Å². The molecule has 7 rings (SSSR count). The lowest BCUT2D eigenvalue weighted by molar-refractivity contribution is -0.249. The predicted octanol–water partition coefficient (Wildman–Crippen LogP) is -0.734. The maximum absolute atomic E-state index is 14.1. The fourth-order valence-corrected chi connectivity index (χ4v) is 6.44. The maximum atomic E-state index is 14.1. The number of fused-ring (bicyclic) bond motifs is 10. The molecule has 0 spiro atoms. The number of H-pyrrole nitrogens is 1. The van der Waals surface area contributed by atoms with Crippen molar-refractivity contribution in [2.75, 3.05) is 19.8 Å². The highest BCUT2D eigenvalue weighted by molar-refractivity contribution is 6.39. The van der Waals surface area contributed by atoms with Gasteiger partial charge in [-0.25, -0.2) is 10.4 Å². The monoisotopic (exact) mass is 608 g/mol. The Labute approximate surface area is 246 Å². The number of aliphatic hydroxyl groups is 6. The summed E-state index contributed by atoms with van der Waals surface area (Å²) in [5.74, 6) is -2.08. The fourth-order valence-electron chi connectivity index (χ4n) is 6.44. The molecule has 2 amide bonds. The van der Waals surface area contributed by atoms with Crippen LogP contribution in [0.15, 0.2) is 36.4 Å². The molecule has 0 unspecified atom stereocenters. The molecule has 1 saturated heterocycles. The molecule has 5 atom stereocenters. The van der Waals surface area contributed by atoms with Crippen molar-refractivity contribution in [3.8, 4) is 11.5 Å². The number of para-hydroxylation sites is 1. The number of carbonyl (C=O) groups excluding carboxylic acids is 2. The van der Waals surface area contributed by atoms with Crippen LogP contribution in [0, 0.1) is 0 Å². The number of phenols is 2. The predicted molar refractivity (Wildman–Crippen MR) is 153 cm³/mol. The zero-order valence-electron chi connectivity index (χ0n) is 22.7. The maximum Gasteiger partial charge on any atom is 0.276 e. The van der Waals surface area contributed by atoms with Gasteiger partial charge >= 0.3 is 0 Å². The Morgan fingerprint density at radius 3 is 2.25 bits per heavy atom. The molecule has 0 saturated carbocycles. The van der Waals surface area contributed by atoms with Gasteiger partial charge in [0.2, 0.25) is 0 Å².